The number of para-hydroxylation sites is 1. The molecule has 3 rings (SSSR count). The number of aromatic nitrogens is 3. The third kappa shape index (κ3) is 4.69. The van der Waals surface area contributed by atoms with Crippen LogP contribution in [0.15, 0.2) is 59.4 Å². The first-order valence-corrected chi connectivity index (χ1v) is 11.4. The molecule has 1 aliphatic rings. The highest BCUT2D eigenvalue weighted by atomic mass is 16.5. The second-order valence-corrected chi connectivity index (χ2v) is 8.86. The number of hydrogen-bond donors (Lipinski definition) is 1. The Labute approximate surface area is 194 Å². The molecule has 7 nitrogen and oxygen atoms in total. The van der Waals surface area contributed by atoms with Crippen LogP contribution in [0.1, 0.15) is 59.2 Å². The maximum atomic E-state index is 13.4. The fourth-order valence-corrected chi connectivity index (χ4v) is 4.22. The highest BCUT2D eigenvalue weighted by Crippen LogP contribution is 2.35. The van der Waals surface area contributed by atoms with Crippen molar-refractivity contribution in [2.75, 3.05) is 0 Å². The molecule has 0 spiro atoms. The van der Waals surface area contributed by atoms with Crippen molar-refractivity contribution in [2.24, 2.45) is 11.8 Å². The molecule has 0 saturated carbocycles. The number of rotatable bonds is 7. The first-order valence-electron chi connectivity index (χ1n) is 11.4. The number of carbonyl (C=O) groups is 2. The van der Waals surface area contributed by atoms with Crippen LogP contribution in [0.25, 0.3) is 11.0 Å². The molecule has 1 N–H and O–H groups in total. The number of fused-ring (bicyclic) bond motifs is 1. The lowest BCUT2D eigenvalue weighted by Gasteiger charge is -2.37. The SMILES string of the molecule is C/C=C(\C)C(=O)[C@@H](C)/C=C(\C)[C@H]1OC([C@@](O)(CC)C(=O)n2nnc3ccccc32)=CC[C@@H]1C. The molecule has 1 aromatic heterocycles. The summed E-state index contributed by atoms with van der Waals surface area (Å²) in [6.45, 7) is 11.2. The molecule has 33 heavy (non-hydrogen) atoms. The van der Waals surface area contributed by atoms with E-state index in [-0.39, 0.29) is 35.9 Å². The van der Waals surface area contributed by atoms with E-state index in [9.17, 15) is 14.7 Å². The predicted molar refractivity (Wildman–Crippen MR) is 127 cm³/mol. The summed E-state index contributed by atoms with van der Waals surface area (Å²) in [7, 11) is 0. The Morgan fingerprint density at radius 2 is 2.03 bits per heavy atom. The minimum atomic E-state index is -1.88. The molecule has 1 aliphatic heterocycles. The Hall–Kier alpha value is -3.06. The lowest BCUT2D eigenvalue weighted by molar-refractivity contribution is -0.117. The molecule has 176 valence electrons. The number of ketones is 1. The Morgan fingerprint density at radius 3 is 2.70 bits per heavy atom. The fourth-order valence-electron chi connectivity index (χ4n) is 4.22. The van der Waals surface area contributed by atoms with E-state index >= 15 is 0 Å². The van der Waals surface area contributed by atoms with Gasteiger partial charge in [0.25, 0.3) is 5.91 Å². The van der Waals surface area contributed by atoms with Crippen LogP contribution < -0.4 is 0 Å². The van der Waals surface area contributed by atoms with Crippen molar-refractivity contribution in [3.05, 3.63) is 59.4 Å². The van der Waals surface area contributed by atoms with Crippen LogP contribution in [0.4, 0.5) is 0 Å². The van der Waals surface area contributed by atoms with Gasteiger partial charge in [0.1, 0.15) is 17.4 Å². The van der Waals surface area contributed by atoms with Crippen LogP contribution in [0.5, 0.6) is 0 Å². The van der Waals surface area contributed by atoms with Crippen LogP contribution >= 0.6 is 0 Å². The maximum Gasteiger partial charge on any atom is 0.288 e. The average Bonchev–Trinajstić information content (AvgIpc) is 3.26. The first-order chi connectivity index (χ1) is 15.6. The number of allylic oxidation sites excluding steroid dienone is 4. The fraction of sp³-hybridized carbons (Fsp3) is 0.462. The summed E-state index contributed by atoms with van der Waals surface area (Å²) >= 11 is 0. The minimum Gasteiger partial charge on any atom is -0.487 e. The van der Waals surface area contributed by atoms with E-state index < -0.39 is 11.5 Å². The molecule has 1 aromatic carbocycles. The molecule has 4 atom stereocenters. The van der Waals surface area contributed by atoms with Gasteiger partial charge in [0.2, 0.25) is 5.60 Å². The number of Topliss-reactive ketones (excluding diaryl/α,β-unsaturated/α-hetero) is 1. The van der Waals surface area contributed by atoms with Crippen molar-refractivity contribution in [3.8, 4) is 0 Å². The van der Waals surface area contributed by atoms with Gasteiger partial charge in [0, 0.05) is 11.8 Å². The molecular weight excluding hydrogens is 418 g/mol. The zero-order valence-corrected chi connectivity index (χ0v) is 20.2. The molecule has 0 amide bonds. The van der Waals surface area contributed by atoms with Gasteiger partial charge in [-0.2, -0.15) is 4.68 Å². The summed E-state index contributed by atoms with van der Waals surface area (Å²) in [6.07, 6.45) is 5.90. The predicted octanol–water partition coefficient (Wildman–Crippen LogP) is 4.64. The molecule has 0 saturated heterocycles. The van der Waals surface area contributed by atoms with Gasteiger partial charge in [-0.25, -0.2) is 0 Å². The Morgan fingerprint density at radius 1 is 1.33 bits per heavy atom. The summed E-state index contributed by atoms with van der Waals surface area (Å²) in [5, 5.41) is 19.5. The maximum absolute atomic E-state index is 13.4. The number of ether oxygens (including phenoxy) is 1. The van der Waals surface area contributed by atoms with Crippen molar-refractivity contribution in [3.63, 3.8) is 0 Å². The largest absolute Gasteiger partial charge is 0.487 e. The lowest BCUT2D eigenvalue weighted by atomic mass is 9.86. The van der Waals surface area contributed by atoms with Crippen molar-refractivity contribution in [1.29, 1.82) is 0 Å². The number of aliphatic hydroxyl groups is 1. The van der Waals surface area contributed by atoms with Gasteiger partial charge in [-0.15, -0.1) is 5.10 Å². The molecular formula is C26H33N3O4. The normalized spacial score (nSPS) is 22.3. The van der Waals surface area contributed by atoms with Gasteiger partial charge in [0.05, 0.1) is 5.52 Å². The number of carbonyl (C=O) groups excluding carboxylic acids is 2. The van der Waals surface area contributed by atoms with Gasteiger partial charge in [0.15, 0.2) is 5.78 Å². The zero-order chi connectivity index (χ0) is 24.3. The molecule has 0 fully saturated rings. The van der Waals surface area contributed by atoms with E-state index in [1.807, 2.05) is 45.9 Å². The van der Waals surface area contributed by atoms with Gasteiger partial charge in [-0.3, -0.25) is 9.59 Å². The molecule has 0 unspecified atom stereocenters. The molecule has 0 aliphatic carbocycles. The lowest BCUT2D eigenvalue weighted by Crippen LogP contribution is -2.47. The Balaban J connectivity index is 1.89. The van der Waals surface area contributed by atoms with Gasteiger partial charge in [-0.05, 0) is 63.0 Å². The van der Waals surface area contributed by atoms with Crippen LogP contribution in [-0.4, -0.2) is 43.5 Å². The summed E-state index contributed by atoms with van der Waals surface area (Å²) < 4.78 is 7.39. The van der Waals surface area contributed by atoms with Crippen LogP contribution in [0.2, 0.25) is 0 Å². The third-order valence-electron chi connectivity index (χ3n) is 6.46. The van der Waals surface area contributed by atoms with E-state index in [4.69, 9.17) is 4.74 Å². The van der Waals surface area contributed by atoms with Gasteiger partial charge >= 0.3 is 0 Å². The number of benzene rings is 1. The molecule has 7 heteroatoms. The smallest absolute Gasteiger partial charge is 0.288 e. The summed E-state index contributed by atoms with van der Waals surface area (Å²) in [5.41, 5.74) is 0.838. The summed E-state index contributed by atoms with van der Waals surface area (Å²) in [4.78, 5) is 25.9. The number of hydrogen-bond acceptors (Lipinski definition) is 6. The van der Waals surface area contributed by atoms with Crippen molar-refractivity contribution >= 4 is 22.7 Å². The molecule has 0 radical (unpaired) electrons. The van der Waals surface area contributed by atoms with Gasteiger partial charge in [-0.1, -0.05) is 50.3 Å². The van der Waals surface area contributed by atoms with E-state index in [1.165, 1.54) is 0 Å². The average molecular weight is 452 g/mol. The molecule has 2 aromatic rings. The summed E-state index contributed by atoms with van der Waals surface area (Å²) in [6, 6.07) is 7.11. The van der Waals surface area contributed by atoms with Gasteiger partial charge < -0.3 is 9.84 Å². The Kier molecular flexibility index (Phi) is 7.32. The van der Waals surface area contributed by atoms with E-state index in [0.717, 1.165) is 15.8 Å². The highest BCUT2D eigenvalue weighted by Gasteiger charge is 2.45. The van der Waals surface area contributed by atoms with E-state index in [2.05, 4.69) is 17.2 Å². The van der Waals surface area contributed by atoms with Crippen LogP contribution in [-0.2, 0) is 9.53 Å². The molecule has 0 bridgehead atoms. The Bertz CT molecular complexity index is 1140. The van der Waals surface area contributed by atoms with Crippen molar-refractivity contribution in [2.45, 2.75) is 66.1 Å². The minimum absolute atomic E-state index is 0.0642. The standard InChI is InChI=1S/C26H33N3O4/c1-7-16(3)23(30)18(5)15-19(6)24-17(4)13-14-22(33-24)26(32,8-2)25(31)29-21-12-10-9-11-20(21)27-28-29/h7,9-12,14-15,17-18,24,32H,8,13H2,1-6H3/b16-7+,19-15+/t17-,18-,24-,26-/m0/s1. The summed E-state index contributed by atoms with van der Waals surface area (Å²) in [5.74, 6) is -0.492. The van der Waals surface area contributed by atoms with Crippen LogP contribution in [0, 0.1) is 11.8 Å². The zero-order valence-electron chi connectivity index (χ0n) is 20.2. The second kappa shape index (κ2) is 9.83. The van der Waals surface area contributed by atoms with Crippen molar-refractivity contribution in [1.82, 2.24) is 15.0 Å². The van der Waals surface area contributed by atoms with Crippen LogP contribution in [0.3, 0.4) is 0 Å². The second-order valence-electron chi connectivity index (χ2n) is 8.86. The highest BCUT2D eigenvalue weighted by molar-refractivity contribution is 5.97. The van der Waals surface area contributed by atoms with E-state index in [0.29, 0.717) is 17.5 Å². The third-order valence-corrected chi connectivity index (χ3v) is 6.46. The van der Waals surface area contributed by atoms with E-state index in [1.54, 1.807) is 31.2 Å². The number of nitrogens with zero attached hydrogens (tertiary/aromatic N) is 3. The molecule has 2 heterocycles. The monoisotopic (exact) mass is 451 g/mol. The topological polar surface area (TPSA) is 94.3 Å². The first kappa shape index (κ1) is 24.6. The quantitative estimate of drug-likeness (QED) is 0.487. The van der Waals surface area contributed by atoms with Crippen molar-refractivity contribution < 1.29 is 19.4 Å².